The molecule has 0 aliphatic carbocycles. The number of carbonyl (C=O) groups excluding carboxylic acids is 1. The Morgan fingerprint density at radius 1 is 1.17 bits per heavy atom. The van der Waals surface area contributed by atoms with Gasteiger partial charge in [0.1, 0.15) is 4.88 Å². The number of anilines is 1. The van der Waals surface area contributed by atoms with E-state index in [0.717, 1.165) is 21.8 Å². The van der Waals surface area contributed by atoms with Gasteiger partial charge < -0.3 is 10.4 Å². The second kappa shape index (κ2) is 4.91. The van der Waals surface area contributed by atoms with Crippen LogP contribution in [0.3, 0.4) is 0 Å². The predicted octanol–water partition coefficient (Wildman–Crippen LogP) is 3.38. The highest BCUT2D eigenvalue weighted by molar-refractivity contribution is 7.18. The molecule has 6 heteroatoms. The van der Waals surface area contributed by atoms with E-state index in [1.165, 1.54) is 17.4 Å². The van der Waals surface area contributed by atoms with Crippen LogP contribution < -0.4 is 5.32 Å². The number of aromatic carboxylic acids is 1. The van der Waals surface area contributed by atoms with Gasteiger partial charge in [0.2, 0.25) is 0 Å². The van der Waals surface area contributed by atoms with Crippen LogP contribution in [0.4, 0.5) is 5.00 Å². The van der Waals surface area contributed by atoms with Crippen molar-refractivity contribution in [3.05, 3.63) is 38.4 Å². The first-order chi connectivity index (χ1) is 8.47. The van der Waals surface area contributed by atoms with Crippen molar-refractivity contribution in [1.82, 2.24) is 0 Å². The predicted molar refractivity (Wildman–Crippen MR) is 73.0 cm³/mol. The summed E-state index contributed by atoms with van der Waals surface area (Å²) in [6.07, 6.45) is 0. The lowest BCUT2D eigenvalue weighted by atomic mass is 10.3. The topological polar surface area (TPSA) is 66.4 Å². The maximum atomic E-state index is 11.9. The smallest absolute Gasteiger partial charge is 0.345 e. The van der Waals surface area contributed by atoms with Gasteiger partial charge in [0.15, 0.2) is 0 Å². The van der Waals surface area contributed by atoms with Gasteiger partial charge in [-0.3, -0.25) is 4.79 Å². The molecule has 0 fully saturated rings. The van der Waals surface area contributed by atoms with E-state index in [2.05, 4.69) is 5.32 Å². The Morgan fingerprint density at radius 2 is 1.89 bits per heavy atom. The van der Waals surface area contributed by atoms with E-state index in [0.29, 0.717) is 9.88 Å². The number of aryl methyl sites for hydroxylation is 2. The Labute approximate surface area is 112 Å². The van der Waals surface area contributed by atoms with E-state index in [9.17, 15) is 9.59 Å². The number of nitrogens with one attached hydrogen (secondary N) is 1. The number of rotatable bonds is 3. The van der Waals surface area contributed by atoms with Gasteiger partial charge in [-0.2, -0.15) is 0 Å². The molecule has 0 atom stereocenters. The zero-order valence-electron chi connectivity index (χ0n) is 9.81. The van der Waals surface area contributed by atoms with Gasteiger partial charge in [0.25, 0.3) is 5.91 Å². The maximum Gasteiger partial charge on any atom is 0.345 e. The highest BCUT2D eigenvalue weighted by atomic mass is 32.1. The average molecular weight is 281 g/mol. The molecule has 0 aromatic carbocycles. The monoisotopic (exact) mass is 281 g/mol. The van der Waals surface area contributed by atoms with E-state index in [1.54, 1.807) is 6.07 Å². The molecule has 4 nitrogen and oxygen atoms in total. The minimum Gasteiger partial charge on any atom is -0.477 e. The molecule has 0 unspecified atom stereocenters. The summed E-state index contributed by atoms with van der Waals surface area (Å²) in [5, 5.41) is 12.0. The first kappa shape index (κ1) is 12.8. The van der Waals surface area contributed by atoms with Crippen LogP contribution in [0, 0.1) is 13.8 Å². The van der Waals surface area contributed by atoms with E-state index >= 15 is 0 Å². The van der Waals surface area contributed by atoms with E-state index < -0.39 is 5.97 Å². The van der Waals surface area contributed by atoms with Crippen molar-refractivity contribution in [3.8, 4) is 0 Å². The Hall–Kier alpha value is -1.66. The summed E-state index contributed by atoms with van der Waals surface area (Å²) in [4.78, 5) is 24.6. The number of carboxylic acids is 1. The molecule has 2 rings (SSSR count). The van der Waals surface area contributed by atoms with Crippen molar-refractivity contribution in [2.75, 3.05) is 5.32 Å². The van der Waals surface area contributed by atoms with Crippen LogP contribution in [0.5, 0.6) is 0 Å². The number of hydrogen-bond donors (Lipinski definition) is 2. The van der Waals surface area contributed by atoms with E-state index in [1.807, 2.05) is 19.9 Å². The van der Waals surface area contributed by atoms with Crippen LogP contribution in [0.1, 0.15) is 29.8 Å². The second-order valence-corrected chi connectivity index (χ2v) is 6.11. The maximum absolute atomic E-state index is 11.9. The Kier molecular flexibility index (Phi) is 3.49. The summed E-state index contributed by atoms with van der Waals surface area (Å²) >= 11 is 2.48. The lowest BCUT2D eigenvalue weighted by Crippen LogP contribution is -2.08. The van der Waals surface area contributed by atoms with Gasteiger partial charge in [-0.15, -0.1) is 22.7 Å². The SMILES string of the molecule is Cc1cc(C(=O)Nc2ccc(C(=O)O)s2)sc1C. The van der Waals surface area contributed by atoms with Crippen molar-refractivity contribution in [2.24, 2.45) is 0 Å². The fourth-order valence-corrected chi connectivity index (χ4v) is 3.05. The third kappa shape index (κ3) is 2.60. The molecule has 0 saturated heterocycles. The summed E-state index contributed by atoms with van der Waals surface area (Å²) in [7, 11) is 0. The zero-order valence-corrected chi connectivity index (χ0v) is 11.4. The lowest BCUT2D eigenvalue weighted by Gasteiger charge is -1.98. The normalized spacial score (nSPS) is 10.3. The summed E-state index contributed by atoms with van der Waals surface area (Å²) in [6, 6.07) is 4.91. The number of carbonyl (C=O) groups is 2. The molecule has 0 aliphatic rings. The first-order valence-corrected chi connectivity index (χ1v) is 6.82. The molecule has 1 amide bonds. The molecule has 0 saturated carbocycles. The molecule has 2 heterocycles. The fraction of sp³-hybridized carbons (Fsp3) is 0.167. The molecular formula is C12H11NO3S2. The quantitative estimate of drug-likeness (QED) is 0.906. The summed E-state index contributed by atoms with van der Waals surface area (Å²) in [5.74, 6) is -1.18. The van der Waals surface area contributed by atoms with Gasteiger partial charge in [-0.05, 0) is 37.6 Å². The van der Waals surface area contributed by atoms with Crippen LogP contribution >= 0.6 is 22.7 Å². The third-order valence-corrected chi connectivity index (χ3v) is 4.58. The molecule has 94 valence electrons. The van der Waals surface area contributed by atoms with Crippen molar-refractivity contribution >= 4 is 39.6 Å². The van der Waals surface area contributed by atoms with Crippen LogP contribution in [-0.2, 0) is 0 Å². The molecule has 0 aliphatic heterocycles. The molecule has 0 spiro atoms. The number of thiophene rings is 2. The Bertz CT molecular complexity index is 593. The Morgan fingerprint density at radius 3 is 2.39 bits per heavy atom. The zero-order chi connectivity index (χ0) is 13.3. The summed E-state index contributed by atoms with van der Waals surface area (Å²) in [5.41, 5.74) is 1.09. The van der Waals surface area contributed by atoms with Gasteiger partial charge >= 0.3 is 5.97 Å². The van der Waals surface area contributed by atoms with Crippen molar-refractivity contribution in [3.63, 3.8) is 0 Å². The summed E-state index contributed by atoms with van der Waals surface area (Å²) < 4.78 is 0. The second-order valence-electron chi connectivity index (χ2n) is 3.77. The lowest BCUT2D eigenvalue weighted by molar-refractivity contribution is 0.0702. The minimum absolute atomic E-state index is 0.199. The number of carboxylic acid groups (broad SMARTS) is 1. The van der Waals surface area contributed by atoms with Crippen molar-refractivity contribution < 1.29 is 14.7 Å². The summed E-state index contributed by atoms with van der Waals surface area (Å²) in [6.45, 7) is 3.92. The van der Waals surface area contributed by atoms with Crippen LogP contribution in [0.25, 0.3) is 0 Å². The van der Waals surface area contributed by atoms with Gasteiger partial charge in [-0.1, -0.05) is 0 Å². The Balaban J connectivity index is 2.13. The largest absolute Gasteiger partial charge is 0.477 e. The fourth-order valence-electron chi connectivity index (χ4n) is 1.38. The third-order valence-electron chi connectivity index (χ3n) is 2.44. The molecule has 0 radical (unpaired) electrons. The molecule has 2 aromatic rings. The van der Waals surface area contributed by atoms with Crippen LogP contribution in [0.2, 0.25) is 0 Å². The molecule has 2 aromatic heterocycles. The van der Waals surface area contributed by atoms with E-state index in [4.69, 9.17) is 5.11 Å². The highest BCUT2D eigenvalue weighted by Gasteiger charge is 2.13. The standard InChI is InChI=1S/C12H11NO3S2/c1-6-5-9(17-7(6)2)11(14)13-10-4-3-8(18-10)12(15)16/h3-5H,1-2H3,(H,13,14)(H,15,16). The van der Waals surface area contributed by atoms with Gasteiger partial charge in [0, 0.05) is 4.88 Å². The van der Waals surface area contributed by atoms with Gasteiger partial charge in [-0.25, -0.2) is 4.79 Å². The molecule has 0 bridgehead atoms. The first-order valence-electron chi connectivity index (χ1n) is 5.19. The number of hydrogen-bond acceptors (Lipinski definition) is 4. The molecule has 18 heavy (non-hydrogen) atoms. The minimum atomic E-state index is -0.983. The van der Waals surface area contributed by atoms with E-state index in [-0.39, 0.29) is 10.8 Å². The molecule has 2 N–H and O–H groups in total. The molecular weight excluding hydrogens is 270 g/mol. The average Bonchev–Trinajstić information content (AvgIpc) is 2.87. The van der Waals surface area contributed by atoms with Crippen molar-refractivity contribution in [1.29, 1.82) is 0 Å². The van der Waals surface area contributed by atoms with Crippen molar-refractivity contribution in [2.45, 2.75) is 13.8 Å². The number of amides is 1. The highest BCUT2D eigenvalue weighted by Crippen LogP contribution is 2.25. The van der Waals surface area contributed by atoms with Crippen LogP contribution in [-0.4, -0.2) is 17.0 Å². The van der Waals surface area contributed by atoms with Gasteiger partial charge in [0.05, 0.1) is 9.88 Å². The van der Waals surface area contributed by atoms with Crippen LogP contribution in [0.15, 0.2) is 18.2 Å².